The predicted molar refractivity (Wildman–Crippen MR) is 72.3 cm³/mol. The van der Waals surface area contributed by atoms with Crippen molar-refractivity contribution in [2.24, 2.45) is 0 Å². The maximum Gasteiger partial charge on any atom is 0.126 e. The largest absolute Gasteiger partial charge is 0.367 e. The summed E-state index contributed by atoms with van der Waals surface area (Å²) in [7, 11) is 0. The number of anilines is 1. The Morgan fingerprint density at radius 3 is 2.61 bits per heavy atom. The van der Waals surface area contributed by atoms with Crippen molar-refractivity contribution in [1.82, 2.24) is 9.88 Å². The molecule has 1 aromatic heterocycles. The molecule has 0 atom stereocenters. The monoisotopic (exact) mass is 244 g/mol. The van der Waals surface area contributed by atoms with Crippen LogP contribution in [0.25, 0.3) is 0 Å². The highest BCUT2D eigenvalue weighted by Gasteiger charge is 2.20. The molecule has 0 unspecified atom stereocenters. The van der Waals surface area contributed by atoms with Gasteiger partial charge in [0.1, 0.15) is 11.9 Å². The zero-order valence-electron chi connectivity index (χ0n) is 11.1. The number of likely N-dealkylation sites (tertiary alicyclic amines) is 1. The van der Waals surface area contributed by atoms with E-state index in [-0.39, 0.29) is 0 Å². The van der Waals surface area contributed by atoms with E-state index in [0.717, 1.165) is 31.7 Å². The molecule has 0 amide bonds. The molecular weight excluding hydrogens is 224 g/mol. The molecule has 18 heavy (non-hydrogen) atoms. The molecule has 0 saturated carbocycles. The van der Waals surface area contributed by atoms with E-state index in [1.165, 1.54) is 0 Å². The molecule has 2 heterocycles. The second-order valence-electron chi connectivity index (χ2n) is 5.09. The summed E-state index contributed by atoms with van der Waals surface area (Å²) in [6.45, 7) is 6.78. The van der Waals surface area contributed by atoms with Gasteiger partial charge in [0.05, 0.1) is 5.56 Å². The topological polar surface area (TPSA) is 52.0 Å². The highest BCUT2D eigenvalue weighted by atomic mass is 15.2. The molecule has 1 aromatic rings. The normalized spacial score (nSPS) is 17.7. The van der Waals surface area contributed by atoms with Crippen LogP contribution in [0, 0.1) is 11.3 Å². The van der Waals surface area contributed by atoms with Gasteiger partial charge in [-0.05, 0) is 38.8 Å². The molecule has 96 valence electrons. The van der Waals surface area contributed by atoms with Gasteiger partial charge in [-0.3, -0.25) is 0 Å². The SMILES string of the molecule is CC(C)N1CCC(Nc2ccc(C#N)cn2)CC1. The Balaban J connectivity index is 1.86. The van der Waals surface area contributed by atoms with Gasteiger partial charge in [0.25, 0.3) is 0 Å². The Kier molecular flexibility index (Phi) is 4.16. The Morgan fingerprint density at radius 2 is 2.11 bits per heavy atom. The van der Waals surface area contributed by atoms with E-state index in [9.17, 15) is 0 Å². The van der Waals surface area contributed by atoms with E-state index in [2.05, 4.69) is 35.1 Å². The first-order valence-electron chi connectivity index (χ1n) is 6.56. The van der Waals surface area contributed by atoms with E-state index < -0.39 is 0 Å². The maximum absolute atomic E-state index is 8.72. The standard InChI is InChI=1S/C14H20N4/c1-11(2)18-7-5-13(6-8-18)17-14-4-3-12(9-15)10-16-14/h3-4,10-11,13H,5-8H2,1-2H3,(H,16,17). The van der Waals surface area contributed by atoms with Crippen LogP contribution >= 0.6 is 0 Å². The number of nitrogens with one attached hydrogen (secondary N) is 1. The van der Waals surface area contributed by atoms with Crippen molar-refractivity contribution in [2.75, 3.05) is 18.4 Å². The number of hydrogen-bond donors (Lipinski definition) is 1. The van der Waals surface area contributed by atoms with E-state index in [4.69, 9.17) is 5.26 Å². The highest BCUT2D eigenvalue weighted by molar-refractivity contribution is 5.39. The summed E-state index contributed by atoms with van der Waals surface area (Å²) in [6.07, 6.45) is 3.92. The smallest absolute Gasteiger partial charge is 0.126 e. The number of piperidine rings is 1. The van der Waals surface area contributed by atoms with Crippen molar-refractivity contribution in [3.63, 3.8) is 0 Å². The summed E-state index contributed by atoms with van der Waals surface area (Å²) in [4.78, 5) is 6.75. The zero-order valence-corrected chi connectivity index (χ0v) is 11.1. The summed E-state index contributed by atoms with van der Waals surface area (Å²) in [5.41, 5.74) is 0.607. The van der Waals surface area contributed by atoms with Crippen LogP contribution in [0.2, 0.25) is 0 Å². The van der Waals surface area contributed by atoms with E-state index >= 15 is 0 Å². The van der Waals surface area contributed by atoms with E-state index in [1.54, 1.807) is 12.3 Å². The Bertz CT molecular complexity index is 410. The first-order valence-corrected chi connectivity index (χ1v) is 6.56. The maximum atomic E-state index is 8.72. The number of nitriles is 1. The van der Waals surface area contributed by atoms with Crippen molar-refractivity contribution in [1.29, 1.82) is 5.26 Å². The van der Waals surface area contributed by atoms with Crippen LogP contribution in [0.1, 0.15) is 32.3 Å². The Hall–Kier alpha value is -1.60. The molecule has 4 heteroatoms. The molecule has 2 rings (SSSR count). The molecule has 1 N–H and O–H groups in total. The van der Waals surface area contributed by atoms with Crippen LogP contribution < -0.4 is 5.32 Å². The first-order chi connectivity index (χ1) is 8.69. The fraction of sp³-hybridized carbons (Fsp3) is 0.571. The van der Waals surface area contributed by atoms with Gasteiger partial charge in [0.15, 0.2) is 0 Å². The van der Waals surface area contributed by atoms with E-state index in [0.29, 0.717) is 17.6 Å². The van der Waals surface area contributed by atoms with Gasteiger partial charge in [-0.15, -0.1) is 0 Å². The van der Waals surface area contributed by atoms with Gasteiger partial charge in [0, 0.05) is 31.4 Å². The molecule has 0 spiro atoms. The Labute approximate surface area is 109 Å². The summed E-state index contributed by atoms with van der Waals surface area (Å²) < 4.78 is 0. The minimum absolute atomic E-state index is 0.500. The summed E-state index contributed by atoms with van der Waals surface area (Å²) in [6, 6.07) is 6.90. The van der Waals surface area contributed by atoms with Crippen LogP contribution in [-0.2, 0) is 0 Å². The van der Waals surface area contributed by atoms with Crippen LogP contribution in [0.15, 0.2) is 18.3 Å². The van der Waals surface area contributed by atoms with Crippen molar-refractivity contribution in [3.8, 4) is 6.07 Å². The number of nitrogens with zero attached hydrogens (tertiary/aromatic N) is 3. The molecule has 1 fully saturated rings. The molecule has 0 bridgehead atoms. The van der Waals surface area contributed by atoms with Gasteiger partial charge in [-0.2, -0.15) is 5.26 Å². The number of rotatable bonds is 3. The average molecular weight is 244 g/mol. The van der Waals surface area contributed by atoms with Gasteiger partial charge >= 0.3 is 0 Å². The molecule has 0 aromatic carbocycles. The quantitative estimate of drug-likeness (QED) is 0.886. The van der Waals surface area contributed by atoms with Crippen molar-refractivity contribution in [3.05, 3.63) is 23.9 Å². The fourth-order valence-electron chi connectivity index (χ4n) is 2.31. The molecule has 4 nitrogen and oxygen atoms in total. The predicted octanol–water partition coefficient (Wildman–Crippen LogP) is 2.24. The fourth-order valence-corrected chi connectivity index (χ4v) is 2.31. The molecule has 1 aliphatic rings. The summed E-state index contributed by atoms with van der Waals surface area (Å²) in [5.74, 6) is 0.872. The lowest BCUT2D eigenvalue weighted by Gasteiger charge is -2.35. The molecule has 1 saturated heterocycles. The average Bonchev–Trinajstić information content (AvgIpc) is 2.40. The third-order valence-electron chi connectivity index (χ3n) is 3.50. The van der Waals surface area contributed by atoms with Crippen molar-refractivity contribution >= 4 is 5.82 Å². The van der Waals surface area contributed by atoms with Crippen LogP contribution in [0.4, 0.5) is 5.82 Å². The number of pyridine rings is 1. The second-order valence-corrected chi connectivity index (χ2v) is 5.09. The lowest BCUT2D eigenvalue weighted by Crippen LogP contribution is -2.42. The highest BCUT2D eigenvalue weighted by Crippen LogP contribution is 2.16. The second kappa shape index (κ2) is 5.83. The Morgan fingerprint density at radius 1 is 1.39 bits per heavy atom. The molecule has 0 aliphatic carbocycles. The van der Waals surface area contributed by atoms with Gasteiger partial charge in [-0.25, -0.2) is 4.98 Å². The lowest BCUT2D eigenvalue weighted by atomic mass is 10.0. The number of hydrogen-bond acceptors (Lipinski definition) is 4. The van der Waals surface area contributed by atoms with Gasteiger partial charge < -0.3 is 10.2 Å². The summed E-state index contributed by atoms with van der Waals surface area (Å²) in [5, 5.41) is 12.2. The summed E-state index contributed by atoms with van der Waals surface area (Å²) >= 11 is 0. The van der Waals surface area contributed by atoms with E-state index in [1.807, 2.05) is 6.07 Å². The first kappa shape index (κ1) is 12.8. The zero-order chi connectivity index (χ0) is 13.0. The molecule has 0 radical (unpaired) electrons. The minimum Gasteiger partial charge on any atom is -0.367 e. The third-order valence-corrected chi connectivity index (χ3v) is 3.50. The van der Waals surface area contributed by atoms with Gasteiger partial charge in [-0.1, -0.05) is 0 Å². The molecular formula is C14H20N4. The van der Waals surface area contributed by atoms with Crippen LogP contribution in [0.5, 0.6) is 0 Å². The van der Waals surface area contributed by atoms with Crippen molar-refractivity contribution < 1.29 is 0 Å². The van der Waals surface area contributed by atoms with Crippen LogP contribution in [0.3, 0.4) is 0 Å². The minimum atomic E-state index is 0.500. The molecule has 1 aliphatic heterocycles. The lowest BCUT2D eigenvalue weighted by molar-refractivity contribution is 0.177. The number of aromatic nitrogens is 1. The van der Waals surface area contributed by atoms with Crippen molar-refractivity contribution in [2.45, 2.75) is 38.8 Å². The van der Waals surface area contributed by atoms with Gasteiger partial charge in [0.2, 0.25) is 0 Å². The third kappa shape index (κ3) is 3.21. The van der Waals surface area contributed by atoms with Crippen LogP contribution in [-0.4, -0.2) is 35.1 Å².